The third kappa shape index (κ3) is 3.13. The molecule has 2 heterocycles. The van der Waals surface area contributed by atoms with Gasteiger partial charge in [-0.15, -0.1) is 5.06 Å². The largest absolute Gasteiger partial charge is 0.528 e. The molecule has 0 aliphatic carbocycles. The number of hydrogen-bond acceptors (Lipinski definition) is 6. The van der Waals surface area contributed by atoms with Gasteiger partial charge in [0.15, 0.2) is 0 Å². The van der Waals surface area contributed by atoms with Gasteiger partial charge >= 0.3 is 6.16 Å². The smallest absolute Gasteiger partial charge is 0.427 e. The summed E-state index contributed by atoms with van der Waals surface area (Å²) in [4.78, 5) is 16.4. The summed E-state index contributed by atoms with van der Waals surface area (Å²) in [5.74, 6) is 0. The Morgan fingerprint density at radius 3 is 2.67 bits per heavy atom. The van der Waals surface area contributed by atoms with Crippen LogP contribution in [0.1, 0.15) is 26.8 Å². The summed E-state index contributed by atoms with van der Waals surface area (Å²) >= 11 is 0. The van der Waals surface area contributed by atoms with Crippen LogP contribution in [0.5, 0.6) is 0 Å². The molecular formula is C11H18N4O3. The number of ether oxygens (including phenoxy) is 1. The minimum Gasteiger partial charge on any atom is -0.427 e. The van der Waals surface area contributed by atoms with E-state index in [4.69, 9.17) is 15.3 Å². The molecule has 100 valence electrons. The summed E-state index contributed by atoms with van der Waals surface area (Å²) in [6, 6.07) is 0.185. The molecule has 18 heavy (non-hydrogen) atoms. The van der Waals surface area contributed by atoms with E-state index in [0.29, 0.717) is 18.8 Å². The molecule has 0 radical (unpaired) electrons. The van der Waals surface area contributed by atoms with Gasteiger partial charge in [-0.3, -0.25) is 4.68 Å². The van der Waals surface area contributed by atoms with Crippen molar-refractivity contribution in [2.45, 2.75) is 32.4 Å². The number of rotatable bonds is 2. The van der Waals surface area contributed by atoms with Gasteiger partial charge in [-0.1, -0.05) is 0 Å². The van der Waals surface area contributed by atoms with E-state index in [9.17, 15) is 4.79 Å². The highest BCUT2D eigenvalue weighted by molar-refractivity contribution is 5.60. The monoisotopic (exact) mass is 254 g/mol. The minimum atomic E-state index is -0.680. The first-order valence-electron chi connectivity index (χ1n) is 5.79. The van der Waals surface area contributed by atoms with Crippen molar-refractivity contribution in [1.82, 2.24) is 14.8 Å². The third-order valence-corrected chi connectivity index (χ3v) is 2.42. The molecule has 2 N–H and O–H groups in total. The molecule has 0 aromatic carbocycles. The number of carbonyl (C=O) groups is 1. The first kappa shape index (κ1) is 12.7. The number of nitrogens with two attached hydrogens (primary N) is 1. The number of anilines is 1. The van der Waals surface area contributed by atoms with E-state index in [-0.39, 0.29) is 6.04 Å². The average Bonchev–Trinajstić information content (AvgIpc) is 2.54. The summed E-state index contributed by atoms with van der Waals surface area (Å²) in [6.07, 6.45) is 2.67. The Kier molecular flexibility index (Phi) is 3.16. The molecule has 0 saturated carbocycles. The zero-order valence-corrected chi connectivity index (χ0v) is 10.8. The van der Waals surface area contributed by atoms with Gasteiger partial charge in [0.25, 0.3) is 0 Å². The molecule has 2 rings (SSSR count). The second-order valence-corrected chi connectivity index (χ2v) is 5.31. The molecule has 1 saturated heterocycles. The van der Waals surface area contributed by atoms with E-state index in [1.54, 1.807) is 37.8 Å². The molecule has 7 nitrogen and oxygen atoms in total. The maximum absolute atomic E-state index is 11.4. The van der Waals surface area contributed by atoms with Crippen LogP contribution in [0.4, 0.5) is 10.5 Å². The summed E-state index contributed by atoms with van der Waals surface area (Å²) in [5.41, 5.74) is 5.66. The van der Waals surface area contributed by atoms with Crippen LogP contribution in [-0.2, 0) is 9.57 Å². The van der Waals surface area contributed by atoms with Crippen LogP contribution in [-0.4, -0.2) is 39.7 Å². The Morgan fingerprint density at radius 2 is 2.17 bits per heavy atom. The van der Waals surface area contributed by atoms with E-state index in [0.717, 1.165) is 0 Å². The van der Waals surface area contributed by atoms with Gasteiger partial charge in [-0.2, -0.15) is 5.10 Å². The summed E-state index contributed by atoms with van der Waals surface area (Å²) < 4.78 is 6.81. The summed E-state index contributed by atoms with van der Waals surface area (Å²) in [7, 11) is 0. The molecule has 1 aliphatic rings. The van der Waals surface area contributed by atoms with E-state index in [2.05, 4.69) is 5.10 Å². The van der Waals surface area contributed by atoms with Crippen LogP contribution >= 0.6 is 0 Å². The standard InChI is InChI=1S/C11H18N4O3/c1-11(2,3)17-10(16)18-14-6-9(7-14)15-5-8(12)4-13-15/h4-5,9H,6-7,12H2,1-3H3. The van der Waals surface area contributed by atoms with Crippen LogP contribution in [0.3, 0.4) is 0 Å². The molecular weight excluding hydrogens is 236 g/mol. The van der Waals surface area contributed by atoms with Crippen molar-refractivity contribution in [2.24, 2.45) is 0 Å². The van der Waals surface area contributed by atoms with Crippen molar-refractivity contribution < 1.29 is 14.4 Å². The Morgan fingerprint density at radius 1 is 1.50 bits per heavy atom. The molecule has 1 aromatic rings. The van der Waals surface area contributed by atoms with Gasteiger partial charge in [-0.05, 0) is 20.8 Å². The number of nitrogens with zero attached hydrogens (tertiary/aromatic N) is 3. The Bertz CT molecular complexity index is 432. The number of hydroxylamine groups is 2. The van der Waals surface area contributed by atoms with Crippen molar-refractivity contribution in [1.29, 1.82) is 0 Å². The molecule has 0 spiro atoms. The SMILES string of the molecule is CC(C)(C)OC(=O)ON1CC(n2cc(N)cn2)C1. The van der Waals surface area contributed by atoms with Crippen LogP contribution in [0.2, 0.25) is 0 Å². The minimum absolute atomic E-state index is 0.185. The molecule has 0 atom stereocenters. The second-order valence-electron chi connectivity index (χ2n) is 5.31. The number of nitrogen functional groups attached to an aromatic ring is 1. The fraction of sp³-hybridized carbons (Fsp3) is 0.636. The van der Waals surface area contributed by atoms with Gasteiger partial charge in [0.2, 0.25) is 0 Å². The van der Waals surface area contributed by atoms with E-state index in [1.807, 2.05) is 0 Å². The lowest BCUT2D eigenvalue weighted by atomic mass is 10.2. The van der Waals surface area contributed by atoms with Crippen molar-refractivity contribution in [3.63, 3.8) is 0 Å². The predicted octanol–water partition coefficient (Wildman–Crippen LogP) is 1.19. The van der Waals surface area contributed by atoms with E-state index >= 15 is 0 Å². The van der Waals surface area contributed by atoms with Crippen LogP contribution < -0.4 is 5.73 Å². The zero-order chi connectivity index (χ0) is 13.3. The van der Waals surface area contributed by atoms with Crippen molar-refractivity contribution >= 4 is 11.8 Å². The molecule has 7 heteroatoms. The molecule has 1 fully saturated rings. The molecule has 0 unspecified atom stereocenters. The topological polar surface area (TPSA) is 82.6 Å². The first-order valence-corrected chi connectivity index (χ1v) is 5.79. The normalized spacial score (nSPS) is 17.3. The van der Waals surface area contributed by atoms with E-state index < -0.39 is 11.8 Å². The van der Waals surface area contributed by atoms with Gasteiger partial charge in [0, 0.05) is 6.20 Å². The van der Waals surface area contributed by atoms with Crippen LogP contribution in [0.15, 0.2) is 12.4 Å². The zero-order valence-electron chi connectivity index (χ0n) is 10.8. The number of hydrogen-bond donors (Lipinski definition) is 1. The highest BCUT2D eigenvalue weighted by Crippen LogP contribution is 2.22. The summed E-state index contributed by atoms with van der Waals surface area (Å²) in [6.45, 7) is 6.54. The van der Waals surface area contributed by atoms with Gasteiger partial charge in [0.1, 0.15) is 5.60 Å². The maximum Gasteiger partial charge on any atom is 0.528 e. The number of carbonyl (C=O) groups excluding carboxylic acids is 1. The Balaban J connectivity index is 1.75. The quantitative estimate of drug-likeness (QED) is 0.798. The average molecular weight is 254 g/mol. The van der Waals surface area contributed by atoms with Crippen LogP contribution in [0, 0.1) is 0 Å². The predicted molar refractivity (Wildman–Crippen MR) is 64.6 cm³/mol. The van der Waals surface area contributed by atoms with Gasteiger partial charge in [0.05, 0.1) is 31.0 Å². The van der Waals surface area contributed by atoms with Crippen molar-refractivity contribution in [3.8, 4) is 0 Å². The van der Waals surface area contributed by atoms with Gasteiger partial charge < -0.3 is 15.3 Å². The first-order chi connectivity index (χ1) is 8.33. The lowest BCUT2D eigenvalue weighted by molar-refractivity contribution is -0.193. The lowest BCUT2D eigenvalue weighted by Crippen LogP contribution is -2.49. The lowest BCUT2D eigenvalue weighted by Gasteiger charge is -2.36. The molecule has 1 aliphatic heterocycles. The van der Waals surface area contributed by atoms with Crippen molar-refractivity contribution in [2.75, 3.05) is 18.8 Å². The molecule has 1 aromatic heterocycles. The Hall–Kier alpha value is -1.76. The van der Waals surface area contributed by atoms with E-state index in [1.165, 1.54) is 5.06 Å². The molecule has 0 amide bonds. The van der Waals surface area contributed by atoms with Gasteiger partial charge in [-0.25, -0.2) is 4.79 Å². The maximum atomic E-state index is 11.4. The van der Waals surface area contributed by atoms with Crippen LogP contribution in [0.25, 0.3) is 0 Å². The Labute approximate surface area is 105 Å². The fourth-order valence-electron chi connectivity index (χ4n) is 1.58. The third-order valence-electron chi connectivity index (χ3n) is 2.42. The highest BCUT2D eigenvalue weighted by atomic mass is 16.8. The summed E-state index contributed by atoms with van der Waals surface area (Å²) in [5, 5.41) is 5.64. The highest BCUT2D eigenvalue weighted by Gasteiger charge is 2.33. The number of aromatic nitrogens is 2. The van der Waals surface area contributed by atoms with Crippen molar-refractivity contribution in [3.05, 3.63) is 12.4 Å². The second kappa shape index (κ2) is 4.49. The fourth-order valence-corrected chi connectivity index (χ4v) is 1.58. The molecule has 0 bridgehead atoms.